The fraction of sp³-hybridized carbons (Fsp3) is 0.300. The molecule has 2 heterocycles. The van der Waals surface area contributed by atoms with Crippen LogP contribution < -0.4 is 11.1 Å². The molecule has 0 aliphatic heterocycles. The second-order valence-corrected chi connectivity index (χ2v) is 3.88. The molecule has 0 radical (unpaired) electrons. The van der Waals surface area contributed by atoms with Gasteiger partial charge < -0.3 is 15.5 Å². The maximum absolute atomic E-state index is 5.69. The Hall–Kier alpha value is -1.82. The van der Waals surface area contributed by atoms with Crippen molar-refractivity contribution >= 4 is 23.1 Å². The van der Waals surface area contributed by atoms with Gasteiger partial charge in [0.2, 0.25) is 11.2 Å². The molecule has 0 aliphatic carbocycles. The molecule has 0 bridgehead atoms. The highest BCUT2D eigenvalue weighted by atomic mass is 35.5. The molecule has 0 unspecified atom stereocenters. The highest BCUT2D eigenvalue weighted by Gasteiger charge is 2.07. The van der Waals surface area contributed by atoms with Gasteiger partial charge in [-0.25, -0.2) is 9.97 Å². The Bertz CT molecular complexity index is 520. The second kappa shape index (κ2) is 4.58. The van der Waals surface area contributed by atoms with E-state index in [1.54, 1.807) is 0 Å². The van der Waals surface area contributed by atoms with E-state index in [0.29, 0.717) is 23.9 Å². The zero-order chi connectivity index (χ0) is 12.4. The number of aromatic nitrogens is 3. The largest absolute Gasteiger partial charge is 0.444 e. The molecule has 2 rings (SSSR count). The number of nitrogens with two attached hydrogens (primary N) is 1. The third kappa shape index (κ3) is 2.65. The van der Waals surface area contributed by atoms with Crippen molar-refractivity contribution in [3.05, 3.63) is 28.8 Å². The maximum atomic E-state index is 5.69. The van der Waals surface area contributed by atoms with Crippen LogP contribution in [0.15, 0.2) is 10.6 Å². The number of hydrogen-bond acceptors (Lipinski definition) is 6. The van der Waals surface area contributed by atoms with Gasteiger partial charge >= 0.3 is 0 Å². The Balaban J connectivity index is 2.09. The lowest BCUT2D eigenvalue weighted by Crippen LogP contribution is -2.05. The minimum absolute atomic E-state index is 0.140. The molecule has 0 atom stereocenters. The van der Waals surface area contributed by atoms with Crippen molar-refractivity contribution in [1.82, 2.24) is 15.0 Å². The van der Waals surface area contributed by atoms with Crippen molar-refractivity contribution in [2.45, 2.75) is 20.4 Å². The molecule has 2 aromatic heterocycles. The molecular weight excluding hydrogens is 242 g/mol. The smallest absolute Gasteiger partial charge is 0.224 e. The fourth-order valence-corrected chi connectivity index (χ4v) is 1.42. The van der Waals surface area contributed by atoms with Crippen molar-refractivity contribution in [2.24, 2.45) is 0 Å². The molecule has 0 aliphatic rings. The Morgan fingerprint density at radius 2 is 2.18 bits per heavy atom. The summed E-state index contributed by atoms with van der Waals surface area (Å²) in [5.74, 6) is 1.85. The van der Waals surface area contributed by atoms with Crippen LogP contribution in [0.25, 0.3) is 0 Å². The molecule has 2 aromatic rings. The Morgan fingerprint density at radius 3 is 2.82 bits per heavy atom. The summed E-state index contributed by atoms with van der Waals surface area (Å²) in [4.78, 5) is 12.0. The van der Waals surface area contributed by atoms with Gasteiger partial charge in [0.25, 0.3) is 0 Å². The van der Waals surface area contributed by atoms with Gasteiger partial charge in [-0.05, 0) is 25.4 Å². The van der Waals surface area contributed by atoms with E-state index >= 15 is 0 Å². The van der Waals surface area contributed by atoms with Crippen LogP contribution in [-0.2, 0) is 6.54 Å². The summed E-state index contributed by atoms with van der Waals surface area (Å²) >= 11 is 5.67. The number of oxazole rings is 1. The van der Waals surface area contributed by atoms with Gasteiger partial charge in [-0.3, -0.25) is 0 Å². The van der Waals surface area contributed by atoms with Gasteiger partial charge in [0.15, 0.2) is 5.82 Å². The van der Waals surface area contributed by atoms with Gasteiger partial charge in [-0.1, -0.05) is 0 Å². The first-order valence-electron chi connectivity index (χ1n) is 5.01. The van der Waals surface area contributed by atoms with E-state index in [4.69, 9.17) is 21.8 Å². The first kappa shape index (κ1) is 11.7. The standard InChI is InChI=1S/C10H12ClN5O/c1-5-6(2)17-8(15-5)4-13-9-7(12)3-14-10(11)16-9/h3H,4,12H2,1-2H3,(H,13,14,16). The second-order valence-electron chi connectivity index (χ2n) is 3.55. The lowest BCUT2D eigenvalue weighted by Gasteiger charge is -2.05. The van der Waals surface area contributed by atoms with E-state index in [9.17, 15) is 0 Å². The molecule has 17 heavy (non-hydrogen) atoms. The zero-order valence-electron chi connectivity index (χ0n) is 9.49. The molecule has 90 valence electrons. The maximum Gasteiger partial charge on any atom is 0.224 e. The van der Waals surface area contributed by atoms with Crippen molar-refractivity contribution in [2.75, 3.05) is 11.1 Å². The first-order chi connectivity index (χ1) is 8.06. The third-order valence-electron chi connectivity index (χ3n) is 2.27. The van der Waals surface area contributed by atoms with Gasteiger partial charge in [0.05, 0.1) is 24.1 Å². The Labute approximate surface area is 103 Å². The summed E-state index contributed by atoms with van der Waals surface area (Å²) in [7, 11) is 0. The molecular formula is C10H12ClN5O. The predicted octanol–water partition coefficient (Wildman–Crippen LogP) is 1.93. The summed E-state index contributed by atoms with van der Waals surface area (Å²) in [6, 6.07) is 0. The number of nitrogen functional groups attached to an aromatic ring is 1. The van der Waals surface area contributed by atoms with Crippen LogP contribution in [0.1, 0.15) is 17.3 Å². The van der Waals surface area contributed by atoms with Gasteiger partial charge in [0.1, 0.15) is 5.76 Å². The van der Waals surface area contributed by atoms with Gasteiger partial charge in [-0.15, -0.1) is 0 Å². The molecule has 6 nitrogen and oxygen atoms in total. The van der Waals surface area contributed by atoms with Crippen LogP contribution in [0.5, 0.6) is 0 Å². The topological polar surface area (TPSA) is 89.9 Å². The molecule has 0 spiro atoms. The zero-order valence-corrected chi connectivity index (χ0v) is 10.2. The number of nitrogens with zero attached hydrogens (tertiary/aromatic N) is 3. The summed E-state index contributed by atoms with van der Waals surface area (Å²) < 4.78 is 5.42. The lowest BCUT2D eigenvalue weighted by atomic mass is 10.4. The van der Waals surface area contributed by atoms with E-state index < -0.39 is 0 Å². The van der Waals surface area contributed by atoms with Crippen LogP contribution in [-0.4, -0.2) is 15.0 Å². The number of halogens is 1. The van der Waals surface area contributed by atoms with E-state index in [0.717, 1.165) is 11.5 Å². The van der Waals surface area contributed by atoms with Crippen LogP contribution in [0, 0.1) is 13.8 Å². The van der Waals surface area contributed by atoms with E-state index in [-0.39, 0.29) is 5.28 Å². The Kier molecular flexibility index (Phi) is 3.14. The minimum atomic E-state index is 0.140. The molecule has 0 saturated carbocycles. The highest BCUT2D eigenvalue weighted by Crippen LogP contribution is 2.17. The molecule has 7 heteroatoms. The Morgan fingerprint density at radius 1 is 1.41 bits per heavy atom. The van der Waals surface area contributed by atoms with Gasteiger partial charge in [0, 0.05) is 0 Å². The van der Waals surface area contributed by atoms with E-state index in [1.165, 1.54) is 6.20 Å². The van der Waals surface area contributed by atoms with E-state index in [2.05, 4.69) is 20.3 Å². The van der Waals surface area contributed by atoms with Gasteiger partial charge in [-0.2, -0.15) is 4.98 Å². The summed E-state index contributed by atoms with van der Waals surface area (Å²) in [6.45, 7) is 4.15. The normalized spacial score (nSPS) is 10.5. The van der Waals surface area contributed by atoms with Crippen LogP contribution >= 0.6 is 11.6 Å². The molecule has 0 fully saturated rings. The summed E-state index contributed by atoms with van der Waals surface area (Å²) in [5.41, 5.74) is 6.99. The molecule has 0 saturated heterocycles. The SMILES string of the molecule is Cc1nc(CNc2nc(Cl)ncc2N)oc1C. The number of hydrogen-bond donors (Lipinski definition) is 2. The van der Waals surface area contributed by atoms with Crippen molar-refractivity contribution in [3.63, 3.8) is 0 Å². The predicted molar refractivity (Wildman–Crippen MR) is 64.8 cm³/mol. The highest BCUT2D eigenvalue weighted by molar-refractivity contribution is 6.28. The van der Waals surface area contributed by atoms with Crippen LogP contribution in [0.3, 0.4) is 0 Å². The summed E-state index contributed by atoms with van der Waals surface area (Å²) in [5, 5.41) is 3.13. The van der Waals surface area contributed by atoms with Crippen molar-refractivity contribution in [3.8, 4) is 0 Å². The fourth-order valence-electron chi connectivity index (χ4n) is 1.29. The quantitative estimate of drug-likeness (QED) is 0.813. The third-order valence-corrected chi connectivity index (χ3v) is 2.45. The molecule has 0 aromatic carbocycles. The molecule has 0 amide bonds. The summed E-state index contributed by atoms with van der Waals surface area (Å²) in [6.07, 6.45) is 1.45. The number of anilines is 2. The van der Waals surface area contributed by atoms with Crippen molar-refractivity contribution in [1.29, 1.82) is 0 Å². The molecule has 3 N–H and O–H groups in total. The van der Waals surface area contributed by atoms with Crippen molar-refractivity contribution < 1.29 is 4.42 Å². The average Bonchev–Trinajstić information content (AvgIpc) is 2.60. The van der Waals surface area contributed by atoms with Crippen LogP contribution in [0.4, 0.5) is 11.5 Å². The first-order valence-corrected chi connectivity index (χ1v) is 5.39. The lowest BCUT2D eigenvalue weighted by molar-refractivity contribution is 0.478. The number of rotatable bonds is 3. The monoisotopic (exact) mass is 253 g/mol. The number of aryl methyl sites for hydroxylation is 2. The van der Waals surface area contributed by atoms with E-state index in [1.807, 2.05) is 13.8 Å². The minimum Gasteiger partial charge on any atom is -0.444 e. The average molecular weight is 254 g/mol. The van der Waals surface area contributed by atoms with Crippen LogP contribution in [0.2, 0.25) is 5.28 Å². The number of nitrogens with one attached hydrogen (secondary N) is 1.